The third-order valence-corrected chi connectivity index (χ3v) is 2.11. The van der Waals surface area contributed by atoms with Crippen molar-refractivity contribution in [3.63, 3.8) is 0 Å². The van der Waals surface area contributed by atoms with Gasteiger partial charge in [-0.2, -0.15) is 0 Å². The minimum absolute atomic E-state index is 0.267. The van der Waals surface area contributed by atoms with Crippen molar-refractivity contribution in [2.75, 3.05) is 0 Å². The highest BCUT2D eigenvalue weighted by Gasteiger charge is 2.26. The van der Waals surface area contributed by atoms with E-state index in [1.54, 1.807) is 0 Å². The zero-order chi connectivity index (χ0) is 8.13. The number of phenolic OH excluding ortho intramolecular Hbond substituents is 1. The number of aromatic hydroxyl groups is 1. The summed E-state index contributed by atoms with van der Waals surface area (Å²) in [5.41, 5.74) is 0. The van der Waals surface area contributed by atoms with Gasteiger partial charge in [0.05, 0.1) is 0 Å². The Bertz CT molecular complexity index is 474. The first-order chi connectivity index (χ1) is 5.86. The standard InChI is InChI=1S/C10H6O2/c11-9-7-4-2-1-3-6(7)5-8-10(9)12-8/h1-5,11H. The first-order valence-corrected chi connectivity index (χ1v) is 3.79. The molecule has 58 valence electrons. The van der Waals surface area contributed by atoms with Crippen LogP contribution in [0.5, 0.6) is 17.2 Å². The van der Waals surface area contributed by atoms with E-state index in [9.17, 15) is 5.11 Å². The number of fused-ring (bicyclic) bond motifs is 2. The summed E-state index contributed by atoms with van der Waals surface area (Å²) in [6, 6.07) is 9.61. The summed E-state index contributed by atoms with van der Waals surface area (Å²) in [6.45, 7) is 0. The predicted molar refractivity (Wildman–Crippen MR) is 45.7 cm³/mol. The average Bonchev–Trinajstić information content (AvgIpc) is 2.84. The van der Waals surface area contributed by atoms with Crippen LogP contribution < -0.4 is 4.74 Å². The molecule has 0 bridgehead atoms. The highest BCUT2D eigenvalue weighted by molar-refractivity contribution is 5.95. The van der Waals surface area contributed by atoms with Crippen LogP contribution >= 0.6 is 0 Å². The maximum Gasteiger partial charge on any atom is 0.212 e. The van der Waals surface area contributed by atoms with Crippen molar-refractivity contribution in [1.82, 2.24) is 0 Å². The smallest absolute Gasteiger partial charge is 0.212 e. The number of benzene rings is 2. The van der Waals surface area contributed by atoms with Crippen LogP contribution in [0, 0.1) is 0 Å². The second kappa shape index (κ2) is 1.72. The van der Waals surface area contributed by atoms with Gasteiger partial charge in [-0.25, -0.2) is 0 Å². The molecule has 0 amide bonds. The molecular formula is C10H6O2. The van der Waals surface area contributed by atoms with Crippen LogP contribution in [0.2, 0.25) is 0 Å². The molecule has 0 aliphatic carbocycles. The molecule has 0 fully saturated rings. The Morgan fingerprint density at radius 3 is 2.92 bits per heavy atom. The van der Waals surface area contributed by atoms with Gasteiger partial charge in [-0.3, -0.25) is 0 Å². The fourth-order valence-corrected chi connectivity index (χ4v) is 1.45. The molecule has 1 heterocycles. The van der Waals surface area contributed by atoms with E-state index in [1.807, 2.05) is 30.3 Å². The van der Waals surface area contributed by atoms with Crippen LogP contribution in [0.25, 0.3) is 10.8 Å². The summed E-state index contributed by atoms with van der Waals surface area (Å²) in [5, 5.41) is 11.5. The Balaban J connectivity index is 2.55. The normalized spacial score (nSPS) is 12.3. The summed E-state index contributed by atoms with van der Waals surface area (Å²) in [7, 11) is 0. The average molecular weight is 158 g/mol. The number of hydrogen-bond donors (Lipinski definition) is 1. The number of ether oxygens (including phenoxy) is 1. The van der Waals surface area contributed by atoms with Gasteiger partial charge >= 0.3 is 0 Å². The number of rotatable bonds is 0. The lowest BCUT2D eigenvalue weighted by molar-refractivity contribution is 0.469. The first kappa shape index (κ1) is 5.89. The summed E-state index contributed by atoms with van der Waals surface area (Å²) in [4.78, 5) is 0. The van der Waals surface area contributed by atoms with Gasteiger partial charge in [-0.15, -0.1) is 0 Å². The zero-order valence-corrected chi connectivity index (χ0v) is 6.24. The minimum atomic E-state index is 0.267. The van der Waals surface area contributed by atoms with Crippen molar-refractivity contribution in [3.05, 3.63) is 30.3 Å². The largest absolute Gasteiger partial charge is 0.504 e. The maximum absolute atomic E-state index is 9.59. The molecule has 2 nitrogen and oxygen atoms in total. The highest BCUT2D eigenvalue weighted by atomic mass is 16.6. The van der Waals surface area contributed by atoms with Crippen molar-refractivity contribution in [2.24, 2.45) is 0 Å². The van der Waals surface area contributed by atoms with Crippen LogP contribution in [0.15, 0.2) is 30.3 Å². The van der Waals surface area contributed by atoms with E-state index in [2.05, 4.69) is 0 Å². The molecule has 0 saturated heterocycles. The number of hydrogen-bond acceptors (Lipinski definition) is 2. The lowest BCUT2D eigenvalue weighted by Gasteiger charge is -1.94. The molecule has 2 heteroatoms. The topological polar surface area (TPSA) is 32.8 Å². The van der Waals surface area contributed by atoms with Crippen LogP contribution in [0.3, 0.4) is 0 Å². The van der Waals surface area contributed by atoms with Crippen molar-refractivity contribution < 1.29 is 9.84 Å². The molecular weight excluding hydrogens is 152 g/mol. The third kappa shape index (κ3) is 0.593. The molecule has 1 N–H and O–H groups in total. The third-order valence-electron chi connectivity index (χ3n) is 2.11. The molecule has 0 unspecified atom stereocenters. The summed E-state index contributed by atoms with van der Waals surface area (Å²) >= 11 is 0. The van der Waals surface area contributed by atoms with Gasteiger partial charge in [0, 0.05) is 5.39 Å². The van der Waals surface area contributed by atoms with Gasteiger partial charge in [-0.1, -0.05) is 24.3 Å². The monoisotopic (exact) mass is 158 g/mol. The highest BCUT2D eigenvalue weighted by Crippen LogP contribution is 2.55. The molecule has 0 saturated carbocycles. The molecule has 1 aliphatic rings. The SMILES string of the molecule is Oc1c2c(cc3ccccc13)O2. The fraction of sp³-hybridized carbons (Fsp3) is 0. The first-order valence-electron chi connectivity index (χ1n) is 3.79. The van der Waals surface area contributed by atoms with E-state index < -0.39 is 0 Å². The van der Waals surface area contributed by atoms with E-state index in [-0.39, 0.29) is 5.75 Å². The summed E-state index contributed by atoms with van der Waals surface area (Å²) in [6.07, 6.45) is 0. The Morgan fingerprint density at radius 1 is 1.17 bits per heavy atom. The lowest BCUT2D eigenvalue weighted by Crippen LogP contribution is -1.67. The van der Waals surface area contributed by atoms with Gasteiger partial charge in [-0.05, 0) is 11.5 Å². The summed E-state index contributed by atoms with van der Waals surface area (Å²) < 4.78 is 5.06. The van der Waals surface area contributed by atoms with E-state index in [1.165, 1.54) is 0 Å². The second-order valence-corrected chi connectivity index (χ2v) is 2.88. The van der Waals surface area contributed by atoms with Crippen molar-refractivity contribution in [3.8, 4) is 17.2 Å². The van der Waals surface area contributed by atoms with Gasteiger partial charge in [0.25, 0.3) is 0 Å². The molecule has 0 aromatic heterocycles. The van der Waals surface area contributed by atoms with E-state index in [0.717, 1.165) is 16.5 Å². The Kier molecular flexibility index (Phi) is 0.844. The molecule has 1 aliphatic heterocycles. The van der Waals surface area contributed by atoms with Gasteiger partial charge in [0.1, 0.15) is 0 Å². The van der Waals surface area contributed by atoms with Gasteiger partial charge in [0.15, 0.2) is 11.5 Å². The molecule has 0 spiro atoms. The Morgan fingerprint density at radius 2 is 2.00 bits per heavy atom. The Labute approximate surface area is 69.0 Å². The maximum atomic E-state index is 9.59. The van der Waals surface area contributed by atoms with Crippen LogP contribution in [0.4, 0.5) is 0 Å². The van der Waals surface area contributed by atoms with Crippen LogP contribution in [-0.4, -0.2) is 5.11 Å². The summed E-state index contributed by atoms with van der Waals surface area (Å²) in [5.74, 6) is 1.70. The Hall–Kier alpha value is -1.70. The second-order valence-electron chi connectivity index (χ2n) is 2.88. The van der Waals surface area contributed by atoms with E-state index in [4.69, 9.17) is 4.74 Å². The van der Waals surface area contributed by atoms with Gasteiger partial charge < -0.3 is 9.84 Å². The minimum Gasteiger partial charge on any atom is -0.504 e. The molecule has 12 heavy (non-hydrogen) atoms. The number of phenols is 1. The molecule has 2 aromatic rings. The van der Waals surface area contributed by atoms with Crippen molar-refractivity contribution >= 4 is 10.8 Å². The molecule has 2 aromatic carbocycles. The van der Waals surface area contributed by atoms with Crippen LogP contribution in [0.1, 0.15) is 0 Å². The van der Waals surface area contributed by atoms with Gasteiger partial charge in [0.2, 0.25) is 5.75 Å². The zero-order valence-electron chi connectivity index (χ0n) is 6.24. The van der Waals surface area contributed by atoms with Crippen molar-refractivity contribution in [1.29, 1.82) is 0 Å². The van der Waals surface area contributed by atoms with Crippen LogP contribution in [-0.2, 0) is 0 Å². The van der Waals surface area contributed by atoms with Crippen molar-refractivity contribution in [2.45, 2.75) is 0 Å². The fourth-order valence-electron chi connectivity index (χ4n) is 1.45. The molecule has 0 radical (unpaired) electrons. The quantitative estimate of drug-likeness (QED) is 0.510. The molecule has 0 atom stereocenters. The predicted octanol–water partition coefficient (Wildman–Crippen LogP) is 2.65. The van der Waals surface area contributed by atoms with E-state index >= 15 is 0 Å². The molecule has 3 rings (SSSR count). The lowest BCUT2D eigenvalue weighted by atomic mass is 10.1. The van der Waals surface area contributed by atoms with E-state index in [0.29, 0.717) is 5.75 Å².